The SMILES string of the molecule is O=C(F)c1cnc(C(=O)F)nc1. The Balaban J connectivity index is 3.01. The van der Waals surface area contributed by atoms with Crippen LogP contribution >= 0.6 is 0 Å². The largest absolute Gasteiger partial charge is 0.369 e. The van der Waals surface area contributed by atoms with Gasteiger partial charge in [-0.2, -0.15) is 8.78 Å². The molecule has 0 aliphatic rings. The lowest BCUT2D eigenvalue weighted by molar-refractivity contribution is 0.0811. The van der Waals surface area contributed by atoms with Crippen molar-refractivity contribution in [1.82, 2.24) is 9.97 Å². The third-order valence-corrected chi connectivity index (χ3v) is 1.05. The van der Waals surface area contributed by atoms with Crippen LogP contribution < -0.4 is 0 Å². The minimum Gasteiger partial charge on any atom is -0.255 e. The summed E-state index contributed by atoms with van der Waals surface area (Å²) in [7, 11) is 0. The second-order valence-electron chi connectivity index (χ2n) is 1.84. The third kappa shape index (κ3) is 1.66. The highest BCUT2D eigenvalue weighted by molar-refractivity contribution is 5.88. The maximum atomic E-state index is 11.9. The number of nitrogens with zero attached hydrogens (tertiary/aromatic N) is 2. The van der Waals surface area contributed by atoms with Crippen LogP contribution in [0.3, 0.4) is 0 Å². The predicted octanol–water partition coefficient (Wildman–Crippen LogP) is 0.696. The van der Waals surface area contributed by atoms with Crippen LogP contribution in [0, 0.1) is 0 Å². The molecule has 12 heavy (non-hydrogen) atoms. The number of carbonyl (C=O) groups excluding carboxylic acids is 2. The molecule has 0 aliphatic carbocycles. The van der Waals surface area contributed by atoms with Gasteiger partial charge in [0.1, 0.15) is 0 Å². The molecule has 62 valence electrons. The van der Waals surface area contributed by atoms with E-state index in [1.54, 1.807) is 0 Å². The molecular weight excluding hydrogens is 170 g/mol. The quantitative estimate of drug-likeness (QED) is 0.616. The summed E-state index contributed by atoms with van der Waals surface area (Å²) in [5, 5.41) is 0. The number of halogens is 2. The topological polar surface area (TPSA) is 59.9 Å². The molecule has 0 saturated heterocycles. The first-order valence-electron chi connectivity index (χ1n) is 2.83. The van der Waals surface area contributed by atoms with Crippen LogP contribution in [0.1, 0.15) is 21.0 Å². The van der Waals surface area contributed by atoms with Gasteiger partial charge in [-0.3, -0.25) is 9.59 Å². The lowest BCUT2D eigenvalue weighted by Gasteiger charge is -1.91. The van der Waals surface area contributed by atoms with Crippen molar-refractivity contribution >= 4 is 12.1 Å². The summed E-state index contributed by atoms with van der Waals surface area (Å²) in [5.74, 6) is -0.694. The van der Waals surface area contributed by atoms with Crippen molar-refractivity contribution in [2.45, 2.75) is 0 Å². The van der Waals surface area contributed by atoms with E-state index in [0.717, 1.165) is 12.4 Å². The van der Waals surface area contributed by atoms with E-state index in [2.05, 4.69) is 9.97 Å². The first-order chi connectivity index (χ1) is 5.61. The fourth-order valence-electron chi connectivity index (χ4n) is 0.531. The lowest BCUT2D eigenvalue weighted by Crippen LogP contribution is -2.01. The second-order valence-corrected chi connectivity index (χ2v) is 1.84. The van der Waals surface area contributed by atoms with Crippen LogP contribution in [-0.4, -0.2) is 22.0 Å². The Bertz CT molecular complexity index is 290. The molecule has 6 heteroatoms. The van der Waals surface area contributed by atoms with Gasteiger partial charge in [-0.25, -0.2) is 9.97 Å². The predicted molar refractivity (Wildman–Crippen MR) is 32.9 cm³/mol. The first kappa shape index (κ1) is 8.38. The summed E-state index contributed by atoms with van der Waals surface area (Å²) in [6, 6.07) is -3.55. The molecule has 0 atom stereocenters. The van der Waals surface area contributed by atoms with Crippen LogP contribution in [-0.2, 0) is 0 Å². The van der Waals surface area contributed by atoms with E-state index < -0.39 is 23.5 Å². The number of hydrogen-bond acceptors (Lipinski definition) is 4. The fraction of sp³-hybridized carbons (Fsp3) is 0. The molecule has 0 saturated carbocycles. The van der Waals surface area contributed by atoms with E-state index in [1.165, 1.54) is 0 Å². The van der Waals surface area contributed by atoms with Gasteiger partial charge in [-0.1, -0.05) is 0 Å². The molecule has 1 aromatic rings. The standard InChI is InChI=1S/C6H2F2N2O2/c7-4(11)3-1-9-6(5(8)12)10-2-3/h1-2H. The second kappa shape index (κ2) is 3.12. The molecule has 0 amide bonds. The molecular formula is C6H2F2N2O2. The van der Waals surface area contributed by atoms with Gasteiger partial charge in [-0.05, 0) is 0 Å². The minimum atomic E-state index is -1.83. The van der Waals surface area contributed by atoms with Crippen LogP contribution in [0.15, 0.2) is 12.4 Å². The first-order valence-corrected chi connectivity index (χ1v) is 2.83. The molecule has 0 unspecified atom stereocenters. The van der Waals surface area contributed by atoms with E-state index >= 15 is 0 Å². The number of aromatic nitrogens is 2. The van der Waals surface area contributed by atoms with Gasteiger partial charge in [-0.15, -0.1) is 0 Å². The highest BCUT2D eigenvalue weighted by Gasteiger charge is 2.09. The van der Waals surface area contributed by atoms with Crippen molar-refractivity contribution in [2.75, 3.05) is 0 Å². The molecule has 0 spiro atoms. The van der Waals surface area contributed by atoms with Crippen molar-refractivity contribution in [3.8, 4) is 0 Å². The molecule has 0 aliphatic heterocycles. The Morgan fingerprint density at radius 1 is 1.08 bits per heavy atom. The average molecular weight is 172 g/mol. The van der Waals surface area contributed by atoms with E-state index in [9.17, 15) is 18.4 Å². The van der Waals surface area contributed by atoms with Crippen LogP contribution in [0.25, 0.3) is 0 Å². The molecule has 1 heterocycles. The summed E-state index contributed by atoms with van der Waals surface area (Å²) < 4.78 is 23.7. The van der Waals surface area contributed by atoms with Gasteiger partial charge >= 0.3 is 12.1 Å². The van der Waals surface area contributed by atoms with Crippen molar-refractivity contribution < 1.29 is 18.4 Å². The molecule has 4 nitrogen and oxygen atoms in total. The molecule has 0 bridgehead atoms. The Kier molecular flexibility index (Phi) is 2.18. The maximum absolute atomic E-state index is 11.9. The van der Waals surface area contributed by atoms with E-state index in [0.29, 0.717) is 0 Å². The average Bonchev–Trinajstić information content (AvgIpc) is 2.04. The van der Waals surface area contributed by atoms with Crippen LogP contribution in [0.2, 0.25) is 0 Å². The molecule has 0 radical (unpaired) electrons. The lowest BCUT2D eigenvalue weighted by atomic mass is 10.4. The normalized spacial score (nSPS) is 9.50. The summed E-state index contributed by atoms with van der Waals surface area (Å²) in [6.07, 6.45) is 1.48. The maximum Gasteiger partial charge on any atom is 0.369 e. The zero-order valence-corrected chi connectivity index (χ0v) is 5.62. The van der Waals surface area contributed by atoms with Gasteiger partial charge < -0.3 is 0 Å². The Morgan fingerprint density at radius 2 is 1.58 bits per heavy atom. The minimum absolute atomic E-state index is 0.417. The van der Waals surface area contributed by atoms with Gasteiger partial charge in [0, 0.05) is 12.4 Å². The van der Waals surface area contributed by atoms with E-state index in [4.69, 9.17) is 0 Å². The van der Waals surface area contributed by atoms with Gasteiger partial charge in [0.2, 0.25) is 5.82 Å². The van der Waals surface area contributed by atoms with Crippen molar-refractivity contribution in [1.29, 1.82) is 0 Å². The molecule has 1 aromatic heterocycles. The molecule has 1 rings (SSSR count). The smallest absolute Gasteiger partial charge is 0.255 e. The fourth-order valence-corrected chi connectivity index (χ4v) is 0.531. The van der Waals surface area contributed by atoms with Gasteiger partial charge in [0.05, 0.1) is 5.56 Å². The van der Waals surface area contributed by atoms with Crippen molar-refractivity contribution in [3.05, 3.63) is 23.8 Å². The van der Waals surface area contributed by atoms with Crippen LogP contribution in [0.4, 0.5) is 8.78 Å². The Hall–Kier alpha value is -1.72. The molecule has 0 aromatic carbocycles. The van der Waals surface area contributed by atoms with Crippen LogP contribution in [0.5, 0.6) is 0 Å². The van der Waals surface area contributed by atoms with Crippen molar-refractivity contribution in [2.24, 2.45) is 0 Å². The van der Waals surface area contributed by atoms with Crippen molar-refractivity contribution in [3.63, 3.8) is 0 Å². The molecule has 0 N–H and O–H groups in total. The number of carbonyl (C=O) groups is 2. The Labute approximate surface area is 65.3 Å². The number of rotatable bonds is 2. The monoisotopic (exact) mass is 172 g/mol. The van der Waals surface area contributed by atoms with Gasteiger partial charge in [0.15, 0.2) is 0 Å². The van der Waals surface area contributed by atoms with E-state index in [1.807, 2.05) is 0 Å². The molecule has 0 fully saturated rings. The highest BCUT2D eigenvalue weighted by atomic mass is 19.1. The zero-order valence-electron chi connectivity index (χ0n) is 5.62. The summed E-state index contributed by atoms with van der Waals surface area (Å²) in [4.78, 5) is 26.2. The summed E-state index contributed by atoms with van der Waals surface area (Å²) in [5.41, 5.74) is -0.417. The summed E-state index contributed by atoms with van der Waals surface area (Å²) >= 11 is 0. The zero-order chi connectivity index (χ0) is 9.14. The highest BCUT2D eigenvalue weighted by Crippen LogP contribution is 1.99. The Morgan fingerprint density at radius 3 is 1.92 bits per heavy atom. The third-order valence-electron chi connectivity index (χ3n) is 1.05. The number of hydrogen-bond donors (Lipinski definition) is 0. The van der Waals surface area contributed by atoms with Gasteiger partial charge in [0.25, 0.3) is 0 Å². The summed E-state index contributed by atoms with van der Waals surface area (Å²) in [6.45, 7) is 0. The van der Waals surface area contributed by atoms with E-state index in [-0.39, 0.29) is 0 Å².